The number of fused-ring (bicyclic) bond motifs is 1. The van der Waals surface area contributed by atoms with Crippen molar-refractivity contribution in [2.24, 2.45) is 0 Å². The third kappa shape index (κ3) is 4.77. The summed E-state index contributed by atoms with van der Waals surface area (Å²) in [5.74, 6) is 0.548. The molecule has 0 bridgehead atoms. The van der Waals surface area contributed by atoms with Gasteiger partial charge in [0.05, 0.1) is 12.8 Å². The third-order valence-electron chi connectivity index (χ3n) is 4.40. The SMILES string of the molecule is O=C(NCc1ccco1)[C@H](NSc1ccc2[nH]c(=O)ccc2c1)c1ccccc1. The van der Waals surface area contributed by atoms with Gasteiger partial charge in [-0.1, -0.05) is 30.3 Å². The van der Waals surface area contributed by atoms with Gasteiger partial charge in [-0.2, -0.15) is 0 Å². The number of benzene rings is 2. The number of furan rings is 1. The highest BCUT2D eigenvalue weighted by Crippen LogP contribution is 2.24. The molecule has 0 radical (unpaired) electrons. The maximum atomic E-state index is 12.8. The highest BCUT2D eigenvalue weighted by atomic mass is 32.2. The monoisotopic (exact) mass is 405 g/mol. The molecule has 0 saturated heterocycles. The van der Waals surface area contributed by atoms with Gasteiger partial charge in [0.25, 0.3) is 0 Å². The molecule has 7 heteroatoms. The Hall–Kier alpha value is -3.29. The minimum atomic E-state index is -0.539. The minimum Gasteiger partial charge on any atom is -0.467 e. The molecule has 4 aromatic rings. The molecular formula is C22H19N3O3S. The molecule has 0 saturated carbocycles. The average Bonchev–Trinajstić information content (AvgIpc) is 3.27. The van der Waals surface area contributed by atoms with E-state index in [4.69, 9.17) is 4.42 Å². The van der Waals surface area contributed by atoms with E-state index < -0.39 is 6.04 Å². The lowest BCUT2D eigenvalue weighted by atomic mass is 10.1. The smallest absolute Gasteiger partial charge is 0.248 e. The van der Waals surface area contributed by atoms with E-state index in [9.17, 15) is 9.59 Å². The third-order valence-corrected chi connectivity index (χ3v) is 5.25. The second-order valence-corrected chi connectivity index (χ2v) is 7.34. The molecule has 3 N–H and O–H groups in total. The highest BCUT2D eigenvalue weighted by molar-refractivity contribution is 7.97. The van der Waals surface area contributed by atoms with Crippen LogP contribution in [-0.2, 0) is 11.3 Å². The summed E-state index contributed by atoms with van der Waals surface area (Å²) < 4.78 is 8.54. The van der Waals surface area contributed by atoms with Gasteiger partial charge in [-0.05, 0) is 59.3 Å². The Labute approximate surface area is 171 Å². The predicted octanol–water partition coefficient (Wildman–Crippen LogP) is 3.78. The Morgan fingerprint density at radius 2 is 1.90 bits per heavy atom. The van der Waals surface area contributed by atoms with Crippen LogP contribution in [-0.4, -0.2) is 10.9 Å². The topological polar surface area (TPSA) is 87.1 Å². The van der Waals surface area contributed by atoms with E-state index >= 15 is 0 Å². The van der Waals surface area contributed by atoms with Crippen molar-refractivity contribution in [3.8, 4) is 0 Å². The van der Waals surface area contributed by atoms with Crippen molar-refractivity contribution in [3.63, 3.8) is 0 Å². The first-order valence-corrected chi connectivity index (χ1v) is 9.91. The van der Waals surface area contributed by atoms with Crippen molar-refractivity contribution in [2.45, 2.75) is 17.5 Å². The average molecular weight is 405 g/mol. The second kappa shape index (κ2) is 8.81. The van der Waals surface area contributed by atoms with E-state index in [1.165, 1.54) is 18.0 Å². The molecule has 0 fully saturated rings. The number of hydrogen-bond donors (Lipinski definition) is 3. The molecular weight excluding hydrogens is 386 g/mol. The Bertz CT molecular complexity index is 1160. The maximum Gasteiger partial charge on any atom is 0.248 e. The number of amides is 1. The van der Waals surface area contributed by atoms with Gasteiger partial charge in [-0.25, -0.2) is 4.72 Å². The van der Waals surface area contributed by atoms with Crippen molar-refractivity contribution >= 4 is 28.8 Å². The number of pyridine rings is 1. The zero-order chi connectivity index (χ0) is 20.1. The van der Waals surface area contributed by atoms with Crippen molar-refractivity contribution in [1.29, 1.82) is 0 Å². The summed E-state index contributed by atoms with van der Waals surface area (Å²) in [6.45, 7) is 0.324. The fraction of sp³-hybridized carbons (Fsp3) is 0.0909. The first kappa shape index (κ1) is 19.0. The van der Waals surface area contributed by atoms with E-state index in [0.717, 1.165) is 21.4 Å². The van der Waals surface area contributed by atoms with Gasteiger partial charge in [0, 0.05) is 16.5 Å². The van der Waals surface area contributed by atoms with E-state index in [-0.39, 0.29) is 11.5 Å². The quantitative estimate of drug-likeness (QED) is 0.408. The number of hydrogen-bond acceptors (Lipinski definition) is 5. The van der Waals surface area contributed by atoms with Gasteiger partial charge in [0.2, 0.25) is 11.5 Å². The molecule has 0 aliphatic carbocycles. The molecule has 2 aromatic heterocycles. The van der Waals surface area contributed by atoms with Crippen LogP contribution < -0.4 is 15.6 Å². The molecule has 0 spiro atoms. The minimum absolute atomic E-state index is 0.131. The summed E-state index contributed by atoms with van der Waals surface area (Å²) in [5.41, 5.74) is 1.51. The molecule has 1 amide bonds. The van der Waals surface area contributed by atoms with Gasteiger partial charge < -0.3 is 14.7 Å². The lowest BCUT2D eigenvalue weighted by Crippen LogP contribution is -2.34. The lowest BCUT2D eigenvalue weighted by Gasteiger charge is -2.18. The lowest BCUT2D eigenvalue weighted by molar-refractivity contribution is -0.123. The number of aromatic amines is 1. The zero-order valence-electron chi connectivity index (χ0n) is 15.4. The van der Waals surface area contributed by atoms with E-state index in [0.29, 0.717) is 12.3 Å². The van der Waals surface area contributed by atoms with Gasteiger partial charge >= 0.3 is 0 Å². The van der Waals surface area contributed by atoms with E-state index in [1.807, 2.05) is 54.6 Å². The zero-order valence-corrected chi connectivity index (χ0v) is 16.2. The first-order valence-electron chi connectivity index (χ1n) is 9.09. The Kier molecular flexibility index (Phi) is 5.79. The number of aromatic nitrogens is 1. The standard InChI is InChI=1S/C22H19N3O3S/c26-20-11-8-16-13-18(9-10-19(16)24-20)29-25-21(15-5-2-1-3-6-15)22(27)23-14-17-7-4-12-28-17/h1-13,21,25H,14H2,(H,23,27)(H,24,26)/t21-/m1/s1. The fourth-order valence-electron chi connectivity index (χ4n) is 2.93. The van der Waals surface area contributed by atoms with Crippen LogP contribution in [0, 0.1) is 0 Å². The van der Waals surface area contributed by atoms with E-state index in [1.54, 1.807) is 18.4 Å². The second-order valence-electron chi connectivity index (χ2n) is 6.43. The fourth-order valence-corrected chi connectivity index (χ4v) is 3.75. The van der Waals surface area contributed by atoms with Crippen LogP contribution in [0.1, 0.15) is 17.4 Å². The number of carbonyl (C=O) groups is 1. The summed E-state index contributed by atoms with van der Waals surface area (Å²) in [7, 11) is 0. The molecule has 4 rings (SSSR count). The highest BCUT2D eigenvalue weighted by Gasteiger charge is 2.20. The van der Waals surface area contributed by atoms with Gasteiger partial charge in [-0.3, -0.25) is 9.59 Å². The van der Waals surface area contributed by atoms with Crippen LogP contribution in [0.5, 0.6) is 0 Å². The normalized spacial score (nSPS) is 12.0. The summed E-state index contributed by atoms with van der Waals surface area (Å²) in [4.78, 5) is 28.0. The number of nitrogens with one attached hydrogen (secondary N) is 3. The van der Waals surface area contributed by atoms with Gasteiger partial charge in [0.15, 0.2) is 0 Å². The molecule has 146 valence electrons. The Morgan fingerprint density at radius 3 is 2.69 bits per heavy atom. The van der Waals surface area contributed by atoms with Crippen molar-refractivity contribution in [3.05, 3.63) is 101 Å². The van der Waals surface area contributed by atoms with E-state index in [2.05, 4.69) is 15.0 Å². The largest absolute Gasteiger partial charge is 0.467 e. The Balaban J connectivity index is 1.50. The molecule has 6 nitrogen and oxygen atoms in total. The van der Waals surface area contributed by atoms with Crippen LogP contribution in [0.3, 0.4) is 0 Å². The molecule has 0 aliphatic heterocycles. The molecule has 1 atom stereocenters. The van der Waals surface area contributed by atoms with Crippen molar-refractivity contribution in [1.82, 2.24) is 15.0 Å². The molecule has 29 heavy (non-hydrogen) atoms. The predicted molar refractivity (Wildman–Crippen MR) is 113 cm³/mol. The van der Waals surface area contributed by atoms with Crippen LogP contribution in [0.15, 0.2) is 93.2 Å². The maximum absolute atomic E-state index is 12.8. The molecule has 0 unspecified atom stereocenters. The summed E-state index contributed by atoms with van der Waals surface area (Å²) >= 11 is 1.37. The van der Waals surface area contributed by atoms with Crippen LogP contribution in [0.2, 0.25) is 0 Å². The van der Waals surface area contributed by atoms with Crippen LogP contribution in [0.25, 0.3) is 10.9 Å². The number of H-pyrrole nitrogens is 1. The van der Waals surface area contributed by atoms with Crippen LogP contribution in [0.4, 0.5) is 0 Å². The molecule has 2 aromatic carbocycles. The number of carbonyl (C=O) groups excluding carboxylic acids is 1. The summed E-state index contributed by atoms with van der Waals surface area (Å²) in [6.07, 6.45) is 1.58. The van der Waals surface area contributed by atoms with Crippen molar-refractivity contribution in [2.75, 3.05) is 0 Å². The summed E-state index contributed by atoms with van der Waals surface area (Å²) in [6, 6.07) is 21.6. The molecule has 2 heterocycles. The Morgan fingerprint density at radius 1 is 1.03 bits per heavy atom. The molecule has 0 aliphatic rings. The van der Waals surface area contributed by atoms with Gasteiger partial charge in [0.1, 0.15) is 11.8 Å². The van der Waals surface area contributed by atoms with Crippen LogP contribution >= 0.6 is 11.9 Å². The summed E-state index contributed by atoms with van der Waals surface area (Å²) in [5, 5.41) is 3.83. The van der Waals surface area contributed by atoms with Gasteiger partial charge in [-0.15, -0.1) is 0 Å². The number of rotatable bonds is 7. The van der Waals surface area contributed by atoms with Crippen molar-refractivity contribution < 1.29 is 9.21 Å². The first-order chi connectivity index (χ1) is 14.2.